The Labute approximate surface area is 217 Å². The zero-order valence-electron chi connectivity index (χ0n) is 21.4. The summed E-state index contributed by atoms with van der Waals surface area (Å²) in [7, 11) is 2.03. The largest absolute Gasteiger partial charge is 0.488 e. The summed E-state index contributed by atoms with van der Waals surface area (Å²) in [5.41, 5.74) is 2.44. The van der Waals surface area contributed by atoms with Gasteiger partial charge in [-0.05, 0) is 62.0 Å². The van der Waals surface area contributed by atoms with Gasteiger partial charge in [0.1, 0.15) is 11.9 Å². The quantitative estimate of drug-likeness (QED) is 0.486. The van der Waals surface area contributed by atoms with Crippen molar-refractivity contribution in [2.75, 3.05) is 32.1 Å². The second-order valence-corrected chi connectivity index (χ2v) is 9.58. The molecule has 0 bridgehead atoms. The summed E-state index contributed by atoms with van der Waals surface area (Å²) in [6, 6.07) is 11.9. The number of rotatable bonds is 8. The summed E-state index contributed by atoms with van der Waals surface area (Å²) in [6.07, 6.45) is 6.45. The average Bonchev–Trinajstić information content (AvgIpc) is 2.91. The fraction of sp³-hybridized carbons (Fsp3) is 0.357. The molecule has 9 nitrogen and oxygen atoms in total. The maximum Gasteiger partial charge on any atom is 0.258 e. The van der Waals surface area contributed by atoms with E-state index >= 15 is 0 Å². The summed E-state index contributed by atoms with van der Waals surface area (Å²) in [5, 5.41) is 12.7. The van der Waals surface area contributed by atoms with E-state index in [0.29, 0.717) is 35.7 Å². The molecule has 3 atom stereocenters. The number of fused-ring (bicyclic) bond motifs is 1. The molecule has 37 heavy (non-hydrogen) atoms. The molecule has 0 saturated carbocycles. The first-order valence-corrected chi connectivity index (χ1v) is 12.4. The number of aromatic nitrogens is 2. The molecule has 3 heterocycles. The van der Waals surface area contributed by atoms with Crippen LogP contribution >= 0.6 is 0 Å². The first-order chi connectivity index (χ1) is 17.9. The van der Waals surface area contributed by atoms with Gasteiger partial charge in [0, 0.05) is 61.6 Å². The lowest BCUT2D eigenvalue weighted by molar-refractivity contribution is 0.0341. The molecule has 2 aromatic heterocycles. The molecule has 1 aliphatic heterocycles. The number of pyridine rings is 2. The fourth-order valence-corrected chi connectivity index (χ4v) is 4.40. The second-order valence-electron chi connectivity index (χ2n) is 9.58. The minimum absolute atomic E-state index is 0.0112. The minimum Gasteiger partial charge on any atom is -0.488 e. The van der Waals surface area contributed by atoms with Crippen LogP contribution in [-0.4, -0.2) is 75.6 Å². The van der Waals surface area contributed by atoms with Gasteiger partial charge in [-0.25, -0.2) is 0 Å². The smallest absolute Gasteiger partial charge is 0.258 e. The van der Waals surface area contributed by atoms with Crippen molar-refractivity contribution in [3.05, 3.63) is 83.9 Å². The molecular formula is C28H33N5O4. The monoisotopic (exact) mass is 503 g/mol. The van der Waals surface area contributed by atoms with Crippen LogP contribution in [0.15, 0.2) is 67.3 Å². The van der Waals surface area contributed by atoms with Gasteiger partial charge in [-0.2, -0.15) is 0 Å². The fourth-order valence-electron chi connectivity index (χ4n) is 4.40. The molecule has 0 spiro atoms. The third-order valence-corrected chi connectivity index (χ3v) is 6.56. The second kappa shape index (κ2) is 11.9. The third-order valence-electron chi connectivity index (χ3n) is 6.56. The van der Waals surface area contributed by atoms with Crippen LogP contribution < -0.4 is 10.1 Å². The van der Waals surface area contributed by atoms with Crippen molar-refractivity contribution in [3.63, 3.8) is 0 Å². The summed E-state index contributed by atoms with van der Waals surface area (Å²) >= 11 is 0. The van der Waals surface area contributed by atoms with Crippen LogP contribution in [-0.2, 0) is 6.54 Å². The Balaban J connectivity index is 1.60. The normalized spacial score (nSPS) is 18.4. The summed E-state index contributed by atoms with van der Waals surface area (Å²) in [4.78, 5) is 38.2. The van der Waals surface area contributed by atoms with Crippen LogP contribution in [0.3, 0.4) is 0 Å². The SMILES string of the molecule is C[C@@H]1CN([C@H](C)CO)C(=O)c2cc(NC(=O)c3ccncc3)ccc2O[C@H]1CN(C)Cc1ccncc1. The van der Waals surface area contributed by atoms with Crippen LogP contribution in [0.25, 0.3) is 0 Å². The molecule has 0 saturated heterocycles. The highest BCUT2D eigenvalue weighted by Crippen LogP contribution is 2.31. The summed E-state index contributed by atoms with van der Waals surface area (Å²) < 4.78 is 6.45. The predicted octanol–water partition coefficient (Wildman–Crippen LogP) is 3.08. The number of carbonyl (C=O) groups excluding carboxylic acids is 2. The van der Waals surface area contributed by atoms with Gasteiger partial charge in [0.15, 0.2) is 0 Å². The van der Waals surface area contributed by atoms with Gasteiger partial charge < -0.3 is 20.1 Å². The molecule has 4 rings (SSSR count). The van der Waals surface area contributed by atoms with Crippen molar-refractivity contribution >= 4 is 17.5 Å². The maximum atomic E-state index is 13.6. The third kappa shape index (κ3) is 6.49. The van der Waals surface area contributed by atoms with E-state index in [1.165, 1.54) is 0 Å². The molecular weight excluding hydrogens is 470 g/mol. The zero-order valence-corrected chi connectivity index (χ0v) is 21.4. The topological polar surface area (TPSA) is 108 Å². The van der Waals surface area contributed by atoms with Crippen LogP contribution in [0.2, 0.25) is 0 Å². The number of anilines is 1. The number of aliphatic hydroxyl groups excluding tert-OH is 1. The molecule has 0 radical (unpaired) electrons. The molecule has 2 amide bonds. The zero-order chi connectivity index (χ0) is 26.4. The molecule has 0 fully saturated rings. The highest BCUT2D eigenvalue weighted by atomic mass is 16.5. The number of hydrogen-bond donors (Lipinski definition) is 2. The number of ether oxygens (including phenoxy) is 1. The number of benzene rings is 1. The predicted molar refractivity (Wildman–Crippen MR) is 140 cm³/mol. The first-order valence-electron chi connectivity index (χ1n) is 12.4. The number of likely N-dealkylation sites (N-methyl/N-ethyl adjacent to an activating group) is 1. The van der Waals surface area contributed by atoms with E-state index in [1.54, 1.807) is 60.0 Å². The van der Waals surface area contributed by atoms with Crippen molar-refractivity contribution in [1.82, 2.24) is 19.8 Å². The van der Waals surface area contributed by atoms with E-state index < -0.39 is 0 Å². The Morgan fingerprint density at radius 1 is 1.16 bits per heavy atom. The number of aliphatic hydroxyl groups is 1. The molecule has 194 valence electrons. The van der Waals surface area contributed by atoms with Crippen LogP contribution in [0.1, 0.15) is 40.1 Å². The van der Waals surface area contributed by atoms with E-state index in [2.05, 4.69) is 27.1 Å². The van der Waals surface area contributed by atoms with Gasteiger partial charge in [-0.15, -0.1) is 0 Å². The highest BCUT2D eigenvalue weighted by molar-refractivity contribution is 6.05. The molecule has 0 aliphatic carbocycles. The summed E-state index contributed by atoms with van der Waals surface area (Å²) in [6.45, 7) is 5.54. The van der Waals surface area contributed by atoms with Crippen molar-refractivity contribution in [3.8, 4) is 5.75 Å². The number of nitrogens with zero attached hydrogens (tertiary/aromatic N) is 4. The van der Waals surface area contributed by atoms with Gasteiger partial charge in [-0.3, -0.25) is 24.5 Å². The maximum absolute atomic E-state index is 13.6. The number of carbonyl (C=O) groups is 2. The van der Waals surface area contributed by atoms with Gasteiger partial charge in [-0.1, -0.05) is 6.92 Å². The lowest BCUT2D eigenvalue weighted by Gasteiger charge is -2.38. The standard InChI is InChI=1S/C28H33N5O4/c1-19-15-33(20(2)18-34)28(36)24-14-23(31-27(35)22-8-12-30-13-9-22)4-5-25(24)37-26(19)17-32(3)16-21-6-10-29-11-7-21/h4-14,19-20,26,34H,15-18H2,1-3H3,(H,31,35)/t19-,20-,26+/m1/s1. The number of amides is 2. The van der Waals surface area contributed by atoms with Crippen LogP contribution in [0.5, 0.6) is 5.75 Å². The Morgan fingerprint density at radius 2 is 1.84 bits per heavy atom. The van der Waals surface area contributed by atoms with Crippen molar-refractivity contribution in [1.29, 1.82) is 0 Å². The Morgan fingerprint density at radius 3 is 2.51 bits per heavy atom. The van der Waals surface area contributed by atoms with Crippen molar-refractivity contribution in [2.45, 2.75) is 32.5 Å². The van der Waals surface area contributed by atoms with Gasteiger partial charge in [0.2, 0.25) is 0 Å². The lowest BCUT2D eigenvalue weighted by Crippen LogP contribution is -2.49. The Hall–Kier alpha value is -3.82. The van der Waals surface area contributed by atoms with E-state index in [0.717, 1.165) is 12.1 Å². The van der Waals surface area contributed by atoms with Gasteiger partial charge >= 0.3 is 0 Å². The van der Waals surface area contributed by atoms with Crippen LogP contribution in [0, 0.1) is 5.92 Å². The molecule has 9 heteroatoms. The average molecular weight is 504 g/mol. The van der Waals surface area contributed by atoms with Gasteiger partial charge in [0.25, 0.3) is 11.8 Å². The minimum atomic E-state index is -0.369. The first kappa shape index (κ1) is 26.2. The molecule has 2 N–H and O–H groups in total. The van der Waals surface area contributed by atoms with Crippen LogP contribution in [0.4, 0.5) is 5.69 Å². The van der Waals surface area contributed by atoms with Crippen molar-refractivity contribution in [2.24, 2.45) is 5.92 Å². The van der Waals surface area contributed by atoms with E-state index in [4.69, 9.17) is 4.74 Å². The summed E-state index contributed by atoms with van der Waals surface area (Å²) in [5.74, 6) is -0.0775. The number of nitrogens with one attached hydrogen (secondary N) is 1. The Kier molecular flexibility index (Phi) is 8.47. The highest BCUT2D eigenvalue weighted by Gasteiger charge is 2.33. The van der Waals surface area contributed by atoms with E-state index in [-0.39, 0.29) is 36.5 Å². The molecule has 1 aromatic carbocycles. The lowest BCUT2D eigenvalue weighted by atomic mass is 9.99. The van der Waals surface area contributed by atoms with Crippen molar-refractivity contribution < 1.29 is 19.4 Å². The van der Waals surface area contributed by atoms with E-state index in [9.17, 15) is 14.7 Å². The Bertz CT molecular complexity index is 1210. The molecule has 0 unspecified atom stereocenters. The van der Waals surface area contributed by atoms with Gasteiger partial charge in [0.05, 0.1) is 18.2 Å². The molecule has 3 aromatic rings. The van der Waals surface area contributed by atoms with E-state index in [1.807, 2.05) is 26.1 Å². The molecule has 1 aliphatic rings. The number of hydrogen-bond acceptors (Lipinski definition) is 7.